The van der Waals surface area contributed by atoms with Crippen molar-refractivity contribution in [3.63, 3.8) is 0 Å². The molecule has 0 bridgehead atoms. The van der Waals surface area contributed by atoms with Gasteiger partial charge in [-0.2, -0.15) is 5.10 Å². The molecule has 0 saturated carbocycles. The zero-order valence-corrected chi connectivity index (χ0v) is 17.8. The summed E-state index contributed by atoms with van der Waals surface area (Å²) in [5, 5.41) is 11.2. The third kappa shape index (κ3) is 4.16. The van der Waals surface area contributed by atoms with Crippen molar-refractivity contribution < 1.29 is 18.8 Å². The predicted octanol–water partition coefficient (Wildman–Crippen LogP) is 4.02. The summed E-state index contributed by atoms with van der Waals surface area (Å²) in [5.74, 6) is 0.302. The maximum atomic E-state index is 13.0. The Morgan fingerprint density at radius 1 is 1.29 bits per heavy atom. The molecule has 2 amide bonds. The minimum atomic E-state index is -0.404. The molecule has 0 radical (unpaired) electrons. The Morgan fingerprint density at radius 3 is 2.87 bits per heavy atom. The highest BCUT2D eigenvalue weighted by Crippen LogP contribution is 2.32. The average molecular weight is 423 g/mol. The van der Waals surface area contributed by atoms with Crippen molar-refractivity contribution in [2.24, 2.45) is 0 Å². The van der Waals surface area contributed by atoms with Crippen LogP contribution in [-0.2, 0) is 4.74 Å². The third-order valence-electron chi connectivity index (χ3n) is 5.34. The zero-order valence-electron chi connectivity index (χ0n) is 17.8. The summed E-state index contributed by atoms with van der Waals surface area (Å²) < 4.78 is 12.1. The second-order valence-electron chi connectivity index (χ2n) is 7.48. The Bertz CT molecular complexity index is 1100. The van der Waals surface area contributed by atoms with Crippen LogP contribution in [-0.4, -0.2) is 45.0 Å². The summed E-state index contributed by atoms with van der Waals surface area (Å²) in [6, 6.07) is 8.88. The smallest absolute Gasteiger partial charge is 0.341 e. The largest absolute Gasteiger partial charge is 0.462 e. The number of hydrogen-bond acceptors (Lipinski definition) is 6. The fourth-order valence-corrected chi connectivity index (χ4v) is 3.84. The van der Waals surface area contributed by atoms with Crippen molar-refractivity contribution in [3.05, 3.63) is 59.2 Å². The molecule has 31 heavy (non-hydrogen) atoms. The van der Waals surface area contributed by atoms with Gasteiger partial charge in [-0.25, -0.2) is 14.3 Å². The number of nitrogens with one attached hydrogen (secondary N) is 1. The molecule has 1 fully saturated rings. The highest BCUT2D eigenvalue weighted by molar-refractivity contribution is 5.91. The zero-order chi connectivity index (χ0) is 22.0. The second kappa shape index (κ2) is 8.63. The van der Waals surface area contributed by atoms with Crippen molar-refractivity contribution in [1.82, 2.24) is 19.8 Å². The molecule has 4 rings (SSSR count). The normalized spacial score (nSPS) is 15.8. The Morgan fingerprint density at radius 2 is 2.13 bits per heavy atom. The topological polar surface area (TPSA) is 102 Å². The second-order valence-corrected chi connectivity index (χ2v) is 7.48. The van der Waals surface area contributed by atoms with E-state index in [0.717, 1.165) is 24.2 Å². The fourth-order valence-electron chi connectivity index (χ4n) is 3.84. The quantitative estimate of drug-likeness (QED) is 0.622. The van der Waals surface area contributed by atoms with Crippen LogP contribution in [0.3, 0.4) is 0 Å². The number of amides is 2. The van der Waals surface area contributed by atoms with Crippen molar-refractivity contribution >= 4 is 17.7 Å². The van der Waals surface area contributed by atoms with Gasteiger partial charge in [-0.3, -0.25) is 0 Å². The number of urea groups is 1. The van der Waals surface area contributed by atoms with E-state index in [1.807, 2.05) is 37.3 Å². The molecule has 9 nitrogen and oxygen atoms in total. The van der Waals surface area contributed by atoms with Crippen LogP contribution in [0.4, 0.5) is 10.5 Å². The van der Waals surface area contributed by atoms with Crippen LogP contribution in [0.5, 0.6) is 0 Å². The molecule has 3 aromatic rings. The Hall–Kier alpha value is -3.62. The number of ether oxygens (including phenoxy) is 1. The van der Waals surface area contributed by atoms with E-state index < -0.39 is 5.97 Å². The molecule has 2 aromatic heterocycles. The molecule has 1 aliphatic heterocycles. The van der Waals surface area contributed by atoms with Gasteiger partial charge >= 0.3 is 12.0 Å². The summed E-state index contributed by atoms with van der Waals surface area (Å²) in [7, 11) is 0. The maximum absolute atomic E-state index is 13.0. The molecule has 9 heteroatoms. The molecule has 3 heterocycles. The number of anilines is 1. The number of rotatable bonds is 5. The lowest BCUT2D eigenvalue weighted by atomic mass is 10.1. The molecule has 1 aromatic carbocycles. The molecule has 1 saturated heterocycles. The van der Waals surface area contributed by atoms with Gasteiger partial charge in [0.25, 0.3) is 0 Å². The summed E-state index contributed by atoms with van der Waals surface area (Å²) in [6.07, 6.45) is 3.24. The van der Waals surface area contributed by atoms with Gasteiger partial charge in [-0.05, 0) is 51.8 Å². The van der Waals surface area contributed by atoms with Crippen LogP contribution in [0.25, 0.3) is 5.69 Å². The van der Waals surface area contributed by atoms with Crippen molar-refractivity contribution in [2.75, 3.05) is 18.5 Å². The first kappa shape index (κ1) is 20.6. The number of likely N-dealkylation sites (tertiary alicyclic amines) is 1. The molecular formula is C22H25N5O4. The van der Waals surface area contributed by atoms with Crippen LogP contribution in [0.15, 0.2) is 41.1 Å². The Kier molecular flexibility index (Phi) is 5.75. The van der Waals surface area contributed by atoms with E-state index >= 15 is 0 Å². The Labute approximate surface area is 180 Å². The number of benzene rings is 1. The first-order valence-electron chi connectivity index (χ1n) is 10.3. The van der Waals surface area contributed by atoms with Gasteiger partial charge < -0.3 is 19.5 Å². The molecule has 1 atom stereocenters. The van der Waals surface area contributed by atoms with Gasteiger partial charge in [0.05, 0.1) is 35.9 Å². The van der Waals surface area contributed by atoms with Crippen molar-refractivity contribution in [1.29, 1.82) is 0 Å². The molecular weight excluding hydrogens is 398 g/mol. The summed E-state index contributed by atoms with van der Waals surface area (Å²) >= 11 is 0. The van der Waals surface area contributed by atoms with E-state index in [2.05, 4.69) is 15.6 Å². The number of carbonyl (C=O) groups excluding carboxylic acids is 2. The lowest BCUT2D eigenvalue weighted by molar-refractivity contribution is 0.0525. The van der Waals surface area contributed by atoms with Crippen LogP contribution in [0.1, 0.15) is 53.3 Å². The van der Waals surface area contributed by atoms with Crippen molar-refractivity contribution in [2.45, 2.75) is 39.7 Å². The SMILES string of the molecule is CCOC(=O)c1cnn(-c2cccc(NC(=O)N3CCC[C@@H]3c3cc(C)no3)c2)c1C. The summed E-state index contributed by atoms with van der Waals surface area (Å²) in [5.41, 5.74) is 3.25. The molecule has 0 spiro atoms. The van der Waals surface area contributed by atoms with E-state index in [0.29, 0.717) is 35.9 Å². The van der Waals surface area contributed by atoms with E-state index in [9.17, 15) is 9.59 Å². The van der Waals surface area contributed by atoms with Gasteiger partial charge in [0, 0.05) is 18.3 Å². The van der Waals surface area contributed by atoms with Gasteiger partial charge in [-0.1, -0.05) is 11.2 Å². The van der Waals surface area contributed by atoms with E-state index in [4.69, 9.17) is 9.26 Å². The highest BCUT2D eigenvalue weighted by Gasteiger charge is 2.32. The number of aromatic nitrogens is 3. The standard InChI is InChI=1S/C22H25N5O4/c1-4-30-21(28)18-13-23-27(15(18)3)17-8-5-7-16(12-17)24-22(29)26-10-6-9-19(26)20-11-14(2)25-31-20/h5,7-8,11-13,19H,4,6,9-10H2,1-3H3,(H,24,29)/t19-/m1/s1. The van der Waals surface area contributed by atoms with Gasteiger partial charge in [-0.15, -0.1) is 0 Å². The summed E-state index contributed by atoms with van der Waals surface area (Å²) in [4.78, 5) is 26.8. The van der Waals surface area contributed by atoms with Gasteiger partial charge in [0.2, 0.25) is 0 Å². The highest BCUT2D eigenvalue weighted by atomic mass is 16.5. The number of nitrogens with zero attached hydrogens (tertiary/aromatic N) is 4. The number of esters is 1. The minimum absolute atomic E-state index is 0.120. The first-order valence-corrected chi connectivity index (χ1v) is 10.3. The lowest BCUT2D eigenvalue weighted by Gasteiger charge is -2.23. The third-order valence-corrected chi connectivity index (χ3v) is 5.34. The van der Waals surface area contributed by atoms with Crippen molar-refractivity contribution in [3.8, 4) is 5.69 Å². The predicted molar refractivity (Wildman–Crippen MR) is 113 cm³/mol. The molecule has 0 unspecified atom stereocenters. The first-order chi connectivity index (χ1) is 15.0. The van der Waals surface area contributed by atoms with E-state index in [-0.39, 0.29) is 12.1 Å². The monoisotopic (exact) mass is 423 g/mol. The molecule has 162 valence electrons. The maximum Gasteiger partial charge on any atom is 0.341 e. The molecule has 1 aliphatic rings. The molecule has 1 N–H and O–H groups in total. The summed E-state index contributed by atoms with van der Waals surface area (Å²) in [6.45, 7) is 6.38. The fraction of sp³-hybridized carbons (Fsp3) is 0.364. The van der Waals surface area contributed by atoms with E-state index in [1.54, 1.807) is 23.4 Å². The Balaban J connectivity index is 1.51. The molecule has 0 aliphatic carbocycles. The van der Waals surface area contributed by atoms with Crippen LogP contribution in [0.2, 0.25) is 0 Å². The van der Waals surface area contributed by atoms with Crippen LogP contribution < -0.4 is 5.32 Å². The number of aryl methyl sites for hydroxylation is 1. The average Bonchev–Trinajstić information content (AvgIpc) is 3.47. The van der Waals surface area contributed by atoms with Crippen LogP contribution >= 0.6 is 0 Å². The van der Waals surface area contributed by atoms with Crippen LogP contribution in [0, 0.1) is 13.8 Å². The number of hydrogen-bond donors (Lipinski definition) is 1. The minimum Gasteiger partial charge on any atom is -0.462 e. The lowest BCUT2D eigenvalue weighted by Crippen LogP contribution is -2.34. The number of carbonyl (C=O) groups is 2. The van der Waals surface area contributed by atoms with Gasteiger partial charge in [0.15, 0.2) is 5.76 Å². The van der Waals surface area contributed by atoms with Gasteiger partial charge in [0.1, 0.15) is 5.56 Å². The van der Waals surface area contributed by atoms with E-state index in [1.165, 1.54) is 6.20 Å².